The molecule has 2 aromatic rings. The van der Waals surface area contributed by atoms with Gasteiger partial charge in [0.1, 0.15) is 17.2 Å². The second-order valence-electron chi connectivity index (χ2n) is 5.78. The number of hydrogen-bond acceptors (Lipinski definition) is 3. The number of rotatable bonds is 4. The van der Waals surface area contributed by atoms with E-state index in [1.807, 2.05) is 6.07 Å². The van der Waals surface area contributed by atoms with Crippen LogP contribution < -0.4 is 10.1 Å². The number of carbonyl (C=O) groups is 1. The zero-order valence-corrected chi connectivity index (χ0v) is 13.6. The zero-order chi connectivity index (χ0) is 17.2. The average molecular weight is 350 g/mol. The maximum atomic E-state index is 13.7. The van der Waals surface area contributed by atoms with Crippen molar-refractivity contribution in [3.05, 3.63) is 64.4 Å². The summed E-state index contributed by atoms with van der Waals surface area (Å²) in [5.74, 6) is -0.315. The van der Waals surface area contributed by atoms with Gasteiger partial charge in [-0.3, -0.25) is 4.79 Å². The van der Waals surface area contributed by atoms with E-state index in [1.54, 1.807) is 18.2 Å². The fourth-order valence-corrected chi connectivity index (χ4v) is 3.02. The monoisotopic (exact) mass is 349 g/mol. The molecule has 1 amide bonds. The van der Waals surface area contributed by atoms with Gasteiger partial charge in [-0.15, -0.1) is 0 Å². The van der Waals surface area contributed by atoms with E-state index in [0.717, 1.165) is 0 Å². The van der Waals surface area contributed by atoms with E-state index < -0.39 is 17.3 Å². The van der Waals surface area contributed by atoms with E-state index in [4.69, 9.17) is 16.3 Å². The lowest BCUT2D eigenvalue weighted by molar-refractivity contribution is -0.122. The van der Waals surface area contributed by atoms with Gasteiger partial charge in [0.2, 0.25) is 5.91 Å². The molecule has 0 unspecified atom stereocenters. The summed E-state index contributed by atoms with van der Waals surface area (Å²) in [6.45, 7) is 0.390. The third kappa shape index (κ3) is 3.37. The number of carbonyl (C=O) groups excluding carboxylic acids is 1. The summed E-state index contributed by atoms with van der Waals surface area (Å²) < 4.78 is 19.3. The number of para-hydroxylation sites is 1. The van der Waals surface area contributed by atoms with Gasteiger partial charge in [0.15, 0.2) is 0 Å². The smallest absolute Gasteiger partial charge is 0.224 e. The Labute approximate surface area is 144 Å². The van der Waals surface area contributed by atoms with Gasteiger partial charge < -0.3 is 15.2 Å². The molecule has 2 N–H and O–H groups in total. The maximum Gasteiger partial charge on any atom is 0.224 e. The fraction of sp³-hybridized carbons (Fsp3) is 0.278. The number of aliphatic hydroxyl groups is 1. The van der Waals surface area contributed by atoms with Crippen molar-refractivity contribution in [2.24, 2.45) is 0 Å². The van der Waals surface area contributed by atoms with Crippen molar-refractivity contribution in [3.8, 4) is 5.75 Å². The van der Waals surface area contributed by atoms with Crippen LogP contribution in [0.1, 0.15) is 17.5 Å². The molecule has 0 bridgehead atoms. The van der Waals surface area contributed by atoms with Crippen LogP contribution in [0.25, 0.3) is 0 Å². The molecule has 3 rings (SSSR count). The molecule has 0 saturated carbocycles. The minimum Gasteiger partial charge on any atom is -0.493 e. The van der Waals surface area contributed by atoms with Crippen LogP contribution in [0.4, 0.5) is 4.39 Å². The van der Waals surface area contributed by atoms with Crippen molar-refractivity contribution < 1.29 is 19.0 Å². The summed E-state index contributed by atoms with van der Waals surface area (Å²) in [4.78, 5) is 12.1. The van der Waals surface area contributed by atoms with Crippen LogP contribution in [0.5, 0.6) is 5.75 Å². The highest BCUT2D eigenvalue weighted by Crippen LogP contribution is 2.36. The summed E-state index contributed by atoms with van der Waals surface area (Å²) in [6, 6.07) is 11.5. The van der Waals surface area contributed by atoms with Crippen LogP contribution in [-0.2, 0) is 16.8 Å². The topological polar surface area (TPSA) is 58.6 Å². The lowest BCUT2D eigenvalue weighted by atomic mass is 9.88. The summed E-state index contributed by atoms with van der Waals surface area (Å²) >= 11 is 5.93. The molecule has 2 aromatic carbocycles. The Balaban J connectivity index is 1.69. The van der Waals surface area contributed by atoms with Gasteiger partial charge in [0.05, 0.1) is 19.6 Å². The van der Waals surface area contributed by atoms with E-state index >= 15 is 0 Å². The molecule has 0 aromatic heterocycles. The van der Waals surface area contributed by atoms with Crippen LogP contribution in [0.2, 0.25) is 5.02 Å². The highest BCUT2D eigenvalue weighted by Gasteiger charge is 2.35. The van der Waals surface area contributed by atoms with E-state index in [2.05, 4.69) is 5.32 Å². The van der Waals surface area contributed by atoms with Crippen LogP contribution in [0.3, 0.4) is 0 Å². The second kappa shape index (κ2) is 6.79. The highest BCUT2D eigenvalue weighted by atomic mass is 35.5. The average Bonchev–Trinajstić information content (AvgIpc) is 2.57. The standard InChI is InChI=1S/C18H17ClFNO3/c19-14-5-3-6-15(20)12(14)10-17(22)21-11-18(23)8-9-24-16-7-2-1-4-13(16)18/h1-7,23H,8-11H2,(H,21,22)/t18-/m1/s1. The lowest BCUT2D eigenvalue weighted by Crippen LogP contribution is -2.44. The second-order valence-corrected chi connectivity index (χ2v) is 6.19. The quantitative estimate of drug-likeness (QED) is 0.892. The van der Waals surface area contributed by atoms with Gasteiger partial charge in [-0.25, -0.2) is 4.39 Å². The number of fused-ring (bicyclic) bond motifs is 1. The largest absolute Gasteiger partial charge is 0.493 e. The number of amides is 1. The van der Waals surface area contributed by atoms with Crippen molar-refractivity contribution in [3.63, 3.8) is 0 Å². The first-order valence-electron chi connectivity index (χ1n) is 7.64. The van der Waals surface area contributed by atoms with Crippen molar-refractivity contribution in [2.45, 2.75) is 18.4 Å². The van der Waals surface area contributed by atoms with Crippen molar-refractivity contribution in [2.75, 3.05) is 13.2 Å². The molecule has 1 aliphatic rings. The van der Waals surface area contributed by atoms with Gasteiger partial charge >= 0.3 is 0 Å². The molecule has 6 heteroatoms. The van der Waals surface area contributed by atoms with Gasteiger partial charge in [0, 0.05) is 22.6 Å². The number of nitrogens with one attached hydrogen (secondary N) is 1. The number of ether oxygens (including phenoxy) is 1. The minimum atomic E-state index is -1.20. The summed E-state index contributed by atoms with van der Waals surface area (Å²) in [5, 5.41) is 13.7. The van der Waals surface area contributed by atoms with Crippen LogP contribution >= 0.6 is 11.6 Å². The molecule has 0 saturated heterocycles. The Bertz CT molecular complexity index is 747. The molecule has 4 nitrogen and oxygen atoms in total. The van der Waals surface area contributed by atoms with Crippen molar-refractivity contribution >= 4 is 17.5 Å². The molecule has 0 aliphatic carbocycles. The van der Waals surface area contributed by atoms with Gasteiger partial charge in [-0.1, -0.05) is 35.9 Å². The van der Waals surface area contributed by atoms with Crippen LogP contribution in [0, 0.1) is 5.82 Å². The third-order valence-corrected chi connectivity index (χ3v) is 4.49. The maximum absolute atomic E-state index is 13.7. The van der Waals surface area contributed by atoms with E-state index in [-0.39, 0.29) is 23.6 Å². The third-order valence-electron chi connectivity index (χ3n) is 4.14. The van der Waals surface area contributed by atoms with Gasteiger partial charge in [-0.2, -0.15) is 0 Å². The predicted molar refractivity (Wildman–Crippen MR) is 88.6 cm³/mol. The van der Waals surface area contributed by atoms with E-state index in [1.165, 1.54) is 18.2 Å². The van der Waals surface area contributed by atoms with Gasteiger partial charge in [-0.05, 0) is 18.2 Å². The zero-order valence-electron chi connectivity index (χ0n) is 12.9. The number of hydrogen-bond donors (Lipinski definition) is 2. The first-order valence-corrected chi connectivity index (χ1v) is 8.02. The first-order chi connectivity index (χ1) is 11.5. The van der Waals surface area contributed by atoms with Crippen LogP contribution in [0.15, 0.2) is 42.5 Å². The number of benzene rings is 2. The highest BCUT2D eigenvalue weighted by molar-refractivity contribution is 6.31. The fourth-order valence-electron chi connectivity index (χ4n) is 2.79. The molecule has 126 valence electrons. The normalized spacial score (nSPS) is 19.3. The Morgan fingerprint density at radius 1 is 1.29 bits per heavy atom. The minimum absolute atomic E-state index is 0.0261. The van der Waals surface area contributed by atoms with Crippen LogP contribution in [-0.4, -0.2) is 24.2 Å². The Hall–Kier alpha value is -2.11. The van der Waals surface area contributed by atoms with E-state index in [0.29, 0.717) is 24.3 Å². The van der Waals surface area contributed by atoms with E-state index in [9.17, 15) is 14.3 Å². The summed E-state index contributed by atoms with van der Waals surface area (Å²) in [6.07, 6.45) is 0.185. The molecular weight excluding hydrogens is 333 g/mol. The Morgan fingerprint density at radius 3 is 2.88 bits per heavy atom. The molecule has 1 heterocycles. The van der Waals surface area contributed by atoms with Gasteiger partial charge in [0.25, 0.3) is 0 Å². The first kappa shape index (κ1) is 16.7. The summed E-state index contributed by atoms with van der Waals surface area (Å²) in [5.41, 5.74) is -0.416. The summed E-state index contributed by atoms with van der Waals surface area (Å²) in [7, 11) is 0. The van der Waals surface area contributed by atoms with Crippen molar-refractivity contribution in [1.82, 2.24) is 5.32 Å². The molecule has 1 aliphatic heterocycles. The SMILES string of the molecule is O=C(Cc1c(F)cccc1Cl)NC[C@]1(O)CCOc2ccccc21. The molecule has 1 atom stereocenters. The molecule has 0 spiro atoms. The molecule has 0 fully saturated rings. The Kier molecular flexibility index (Phi) is 4.73. The lowest BCUT2D eigenvalue weighted by Gasteiger charge is -2.34. The predicted octanol–water partition coefficient (Wildman–Crippen LogP) is 2.81. The molecule has 24 heavy (non-hydrogen) atoms. The number of halogens is 2. The molecular formula is C18H17ClFNO3. The molecule has 0 radical (unpaired) electrons. The van der Waals surface area contributed by atoms with Crippen molar-refractivity contribution in [1.29, 1.82) is 0 Å². The Morgan fingerprint density at radius 2 is 2.08 bits per heavy atom.